The maximum absolute atomic E-state index is 4.89. The number of hydrogen-bond acceptors (Lipinski definition) is 2. The van der Waals surface area contributed by atoms with E-state index in [0.717, 1.165) is 13.2 Å². The van der Waals surface area contributed by atoms with Crippen LogP contribution in [0.5, 0.6) is 0 Å². The van der Waals surface area contributed by atoms with Crippen molar-refractivity contribution in [2.45, 2.75) is 44.6 Å². The van der Waals surface area contributed by atoms with E-state index in [1.165, 1.54) is 38.5 Å². The first-order valence-corrected chi connectivity index (χ1v) is 5.19. The molecule has 0 amide bonds. The summed E-state index contributed by atoms with van der Waals surface area (Å²) in [4.78, 5) is 0. The highest BCUT2D eigenvalue weighted by molar-refractivity contribution is 4.69. The van der Waals surface area contributed by atoms with Crippen molar-refractivity contribution in [3.8, 4) is 0 Å². The molecule has 72 valence electrons. The standard InChI is InChI=1S/C6H12.C4H9NO/c1-2-4-6-5-3-1;1-5-2-4-3-6-4/h1-6H2;4-5H,2-3H2,1H3. The van der Waals surface area contributed by atoms with Crippen molar-refractivity contribution >= 4 is 0 Å². The fraction of sp³-hybridized carbons (Fsp3) is 1.00. The average Bonchev–Trinajstić information content (AvgIpc) is 2.93. The van der Waals surface area contributed by atoms with Crippen LogP contribution in [0.4, 0.5) is 0 Å². The van der Waals surface area contributed by atoms with Gasteiger partial charge in [-0.25, -0.2) is 0 Å². The van der Waals surface area contributed by atoms with Crippen LogP contribution in [0.2, 0.25) is 0 Å². The molecule has 1 saturated heterocycles. The molecule has 1 heterocycles. The van der Waals surface area contributed by atoms with Gasteiger partial charge in [0.1, 0.15) is 0 Å². The number of nitrogens with one attached hydrogen (secondary N) is 1. The van der Waals surface area contributed by atoms with Crippen LogP contribution in [0.15, 0.2) is 0 Å². The van der Waals surface area contributed by atoms with Crippen LogP contribution in [0.1, 0.15) is 38.5 Å². The van der Waals surface area contributed by atoms with Gasteiger partial charge in [-0.15, -0.1) is 0 Å². The molecule has 2 nitrogen and oxygen atoms in total. The van der Waals surface area contributed by atoms with Crippen molar-refractivity contribution in [2.75, 3.05) is 20.2 Å². The van der Waals surface area contributed by atoms with Crippen molar-refractivity contribution in [1.82, 2.24) is 5.32 Å². The Morgan fingerprint density at radius 2 is 1.50 bits per heavy atom. The molecule has 0 aromatic heterocycles. The molecule has 0 aromatic carbocycles. The highest BCUT2D eigenvalue weighted by Gasteiger charge is 2.20. The van der Waals surface area contributed by atoms with Crippen molar-refractivity contribution in [3.05, 3.63) is 0 Å². The molecule has 12 heavy (non-hydrogen) atoms. The van der Waals surface area contributed by atoms with Crippen molar-refractivity contribution < 1.29 is 4.74 Å². The first-order chi connectivity index (χ1) is 5.93. The average molecular weight is 171 g/mol. The van der Waals surface area contributed by atoms with Gasteiger partial charge in [0.05, 0.1) is 12.7 Å². The molecular weight excluding hydrogens is 150 g/mol. The van der Waals surface area contributed by atoms with Gasteiger partial charge in [-0.05, 0) is 7.05 Å². The minimum absolute atomic E-state index is 0.537. The summed E-state index contributed by atoms with van der Waals surface area (Å²) in [5, 5.41) is 3.00. The fourth-order valence-corrected chi connectivity index (χ4v) is 1.47. The molecule has 1 N–H and O–H groups in total. The van der Waals surface area contributed by atoms with E-state index in [9.17, 15) is 0 Å². The van der Waals surface area contributed by atoms with Crippen LogP contribution < -0.4 is 5.32 Å². The van der Waals surface area contributed by atoms with Gasteiger partial charge in [0.15, 0.2) is 0 Å². The van der Waals surface area contributed by atoms with Gasteiger partial charge in [0.2, 0.25) is 0 Å². The molecule has 0 spiro atoms. The number of rotatable bonds is 2. The smallest absolute Gasteiger partial charge is 0.0933 e. The lowest BCUT2D eigenvalue weighted by atomic mass is 10.0. The van der Waals surface area contributed by atoms with Crippen LogP contribution in [-0.2, 0) is 4.74 Å². The second kappa shape index (κ2) is 6.44. The van der Waals surface area contributed by atoms with E-state index < -0.39 is 0 Å². The number of ether oxygens (including phenoxy) is 1. The maximum atomic E-state index is 4.89. The molecule has 2 heteroatoms. The molecule has 1 aliphatic carbocycles. The van der Waals surface area contributed by atoms with Crippen LogP contribution in [-0.4, -0.2) is 26.3 Å². The second-order valence-electron chi connectivity index (χ2n) is 3.63. The predicted octanol–water partition coefficient (Wildman–Crippen LogP) is 1.95. The molecule has 2 rings (SSSR count). The summed E-state index contributed by atoms with van der Waals surface area (Å²) >= 11 is 0. The second-order valence-corrected chi connectivity index (χ2v) is 3.63. The molecule has 0 aromatic rings. The summed E-state index contributed by atoms with van der Waals surface area (Å²) in [6.07, 6.45) is 9.54. The number of likely N-dealkylation sites (N-methyl/N-ethyl adjacent to an activating group) is 1. The van der Waals surface area contributed by atoms with Crippen molar-refractivity contribution in [1.29, 1.82) is 0 Å². The summed E-state index contributed by atoms with van der Waals surface area (Å²) < 4.78 is 4.89. The Morgan fingerprint density at radius 1 is 1.08 bits per heavy atom. The minimum Gasteiger partial charge on any atom is -0.372 e. The van der Waals surface area contributed by atoms with Gasteiger partial charge in [-0.3, -0.25) is 0 Å². The van der Waals surface area contributed by atoms with E-state index in [0.29, 0.717) is 6.10 Å². The Kier molecular flexibility index (Phi) is 5.37. The van der Waals surface area contributed by atoms with Crippen LogP contribution >= 0.6 is 0 Å². The normalized spacial score (nSPS) is 27.2. The van der Waals surface area contributed by atoms with Gasteiger partial charge < -0.3 is 10.1 Å². The predicted molar refractivity (Wildman–Crippen MR) is 51.4 cm³/mol. The van der Waals surface area contributed by atoms with Gasteiger partial charge in [-0.1, -0.05) is 38.5 Å². The first kappa shape index (κ1) is 10.0. The highest BCUT2D eigenvalue weighted by atomic mass is 16.6. The SMILES string of the molecule is C1CCCCC1.CNCC1CO1. The van der Waals surface area contributed by atoms with E-state index in [-0.39, 0.29) is 0 Å². The lowest BCUT2D eigenvalue weighted by molar-refractivity contribution is 0.402. The molecular formula is C10H21NO. The molecule has 1 atom stereocenters. The van der Waals surface area contributed by atoms with Gasteiger partial charge in [0.25, 0.3) is 0 Å². The lowest BCUT2D eigenvalue weighted by Gasteiger charge is -2.05. The lowest BCUT2D eigenvalue weighted by Crippen LogP contribution is -2.12. The zero-order valence-corrected chi connectivity index (χ0v) is 8.14. The summed E-state index contributed by atoms with van der Waals surface area (Å²) in [6.45, 7) is 1.97. The largest absolute Gasteiger partial charge is 0.372 e. The van der Waals surface area contributed by atoms with E-state index >= 15 is 0 Å². The Balaban J connectivity index is 0.000000120. The topological polar surface area (TPSA) is 24.6 Å². The third-order valence-corrected chi connectivity index (χ3v) is 2.33. The Labute approximate surface area is 75.7 Å². The summed E-state index contributed by atoms with van der Waals surface area (Å²) in [7, 11) is 1.93. The number of epoxide rings is 1. The quantitative estimate of drug-likeness (QED) is 0.642. The van der Waals surface area contributed by atoms with E-state index in [4.69, 9.17) is 4.74 Å². The Bertz CT molecular complexity index is 86.5. The maximum Gasteiger partial charge on any atom is 0.0933 e. The first-order valence-electron chi connectivity index (χ1n) is 5.19. The van der Waals surface area contributed by atoms with E-state index in [2.05, 4.69) is 5.32 Å². The zero-order chi connectivity index (χ0) is 8.65. The summed E-state index contributed by atoms with van der Waals surface area (Å²) in [5.41, 5.74) is 0. The van der Waals surface area contributed by atoms with Gasteiger partial charge >= 0.3 is 0 Å². The number of hydrogen-bond donors (Lipinski definition) is 1. The Hall–Kier alpha value is -0.0800. The third-order valence-electron chi connectivity index (χ3n) is 2.33. The monoisotopic (exact) mass is 171 g/mol. The van der Waals surface area contributed by atoms with Crippen molar-refractivity contribution in [3.63, 3.8) is 0 Å². The molecule has 1 saturated carbocycles. The minimum atomic E-state index is 0.537. The molecule has 2 fully saturated rings. The molecule has 1 aliphatic heterocycles. The van der Waals surface area contributed by atoms with Crippen molar-refractivity contribution in [2.24, 2.45) is 0 Å². The molecule has 0 bridgehead atoms. The van der Waals surface area contributed by atoms with E-state index in [1.54, 1.807) is 0 Å². The molecule has 1 unspecified atom stereocenters. The Morgan fingerprint density at radius 3 is 1.67 bits per heavy atom. The molecule has 2 aliphatic rings. The van der Waals surface area contributed by atoms with Gasteiger partial charge in [0, 0.05) is 6.54 Å². The van der Waals surface area contributed by atoms with Crippen LogP contribution in [0, 0.1) is 0 Å². The van der Waals surface area contributed by atoms with Crippen LogP contribution in [0.25, 0.3) is 0 Å². The molecule has 0 radical (unpaired) electrons. The highest BCUT2D eigenvalue weighted by Crippen LogP contribution is 2.15. The van der Waals surface area contributed by atoms with E-state index in [1.807, 2.05) is 7.05 Å². The zero-order valence-electron chi connectivity index (χ0n) is 8.14. The summed E-state index contributed by atoms with van der Waals surface area (Å²) in [6, 6.07) is 0. The fourth-order valence-electron chi connectivity index (χ4n) is 1.47. The third kappa shape index (κ3) is 5.56. The summed E-state index contributed by atoms with van der Waals surface area (Å²) in [5.74, 6) is 0. The van der Waals surface area contributed by atoms with Gasteiger partial charge in [-0.2, -0.15) is 0 Å². The van der Waals surface area contributed by atoms with Crippen LogP contribution in [0.3, 0.4) is 0 Å².